The second-order valence-corrected chi connectivity index (χ2v) is 6.47. The van der Waals surface area contributed by atoms with Crippen molar-refractivity contribution in [3.8, 4) is 0 Å². The van der Waals surface area contributed by atoms with Gasteiger partial charge in [0, 0.05) is 29.4 Å². The second kappa shape index (κ2) is 9.96. The maximum Gasteiger partial charge on any atom is 0.313 e. The minimum absolute atomic E-state index is 0.0273. The quantitative estimate of drug-likeness (QED) is 0.537. The van der Waals surface area contributed by atoms with Crippen LogP contribution in [0, 0.1) is 0 Å². The molecule has 4 nitrogen and oxygen atoms in total. The number of carbonyl (C=O) groups is 2. The number of nitrogens with one attached hydrogen (secondary N) is 1. The second-order valence-electron chi connectivity index (χ2n) is 3.83. The van der Waals surface area contributed by atoms with Crippen LogP contribution in [0.15, 0.2) is 29.2 Å². The van der Waals surface area contributed by atoms with Gasteiger partial charge < -0.3 is 10.4 Å². The third kappa shape index (κ3) is 7.67. The van der Waals surface area contributed by atoms with Crippen LogP contribution < -0.4 is 5.32 Å². The van der Waals surface area contributed by atoms with Gasteiger partial charge in [-0.2, -0.15) is 0 Å². The predicted molar refractivity (Wildman–Crippen MR) is 84.8 cm³/mol. The molecule has 20 heavy (non-hydrogen) atoms. The Morgan fingerprint density at radius 1 is 1.25 bits per heavy atom. The first-order valence-electron chi connectivity index (χ1n) is 6.03. The molecule has 0 aromatic heterocycles. The molecular formula is C13H16ClNO3S2. The Morgan fingerprint density at radius 2 is 2.00 bits per heavy atom. The van der Waals surface area contributed by atoms with Gasteiger partial charge in [0.2, 0.25) is 5.91 Å². The Kier molecular flexibility index (Phi) is 8.57. The average molecular weight is 334 g/mol. The minimum Gasteiger partial charge on any atom is -0.481 e. The summed E-state index contributed by atoms with van der Waals surface area (Å²) in [6, 6.07) is 7.53. The highest BCUT2D eigenvalue weighted by molar-refractivity contribution is 8.00. The van der Waals surface area contributed by atoms with Crippen molar-refractivity contribution < 1.29 is 14.7 Å². The fourth-order valence-electron chi connectivity index (χ4n) is 1.33. The van der Waals surface area contributed by atoms with Gasteiger partial charge in [-0.1, -0.05) is 23.7 Å². The molecule has 0 saturated carbocycles. The van der Waals surface area contributed by atoms with Crippen LogP contribution in [0.2, 0.25) is 5.02 Å². The number of halogens is 1. The van der Waals surface area contributed by atoms with E-state index in [4.69, 9.17) is 16.7 Å². The molecule has 0 radical (unpaired) electrons. The molecule has 0 bridgehead atoms. The average Bonchev–Trinajstić information content (AvgIpc) is 2.40. The summed E-state index contributed by atoms with van der Waals surface area (Å²) in [7, 11) is 0. The summed E-state index contributed by atoms with van der Waals surface area (Å²) in [5.41, 5.74) is 0. The molecule has 0 spiro atoms. The number of carboxylic acids is 1. The fourth-order valence-corrected chi connectivity index (χ4v) is 3.08. The SMILES string of the molecule is O=C(O)CSCCNC(=O)CCSc1ccccc1Cl. The number of hydrogen-bond donors (Lipinski definition) is 2. The summed E-state index contributed by atoms with van der Waals surface area (Å²) in [4.78, 5) is 22.8. The van der Waals surface area contributed by atoms with Crippen LogP contribution in [0.25, 0.3) is 0 Å². The monoisotopic (exact) mass is 333 g/mol. The van der Waals surface area contributed by atoms with E-state index in [1.807, 2.05) is 24.3 Å². The summed E-state index contributed by atoms with van der Waals surface area (Å²) in [5, 5.41) is 11.9. The zero-order valence-corrected chi connectivity index (χ0v) is 13.2. The smallest absolute Gasteiger partial charge is 0.313 e. The first-order valence-corrected chi connectivity index (χ1v) is 8.55. The van der Waals surface area contributed by atoms with Crippen molar-refractivity contribution in [1.29, 1.82) is 0 Å². The molecule has 0 unspecified atom stereocenters. The van der Waals surface area contributed by atoms with Crippen molar-refractivity contribution >= 4 is 47.0 Å². The van der Waals surface area contributed by atoms with Gasteiger partial charge in [-0.25, -0.2) is 0 Å². The van der Waals surface area contributed by atoms with Crippen molar-refractivity contribution in [2.75, 3.05) is 23.8 Å². The van der Waals surface area contributed by atoms with Crippen molar-refractivity contribution in [2.24, 2.45) is 0 Å². The van der Waals surface area contributed by atoms with Gasteiger partial charge in [-0.15, -0.1) is 23.5 Å². The number of aliphatic carboxylic acids is 1. The van der Waals surface area contributed by atoms with Crippen LogP contribution in [-0.2, 0) is 9.59 Å². The summed E-state index contributed by atoms with van der Waals surface area (Å²) < 4.78 is 0. The minimum atomic E-state index is -0.836. The Balaban J connectivity index is 2.09. The van der Waals surface area contributed by atoms with Crippen molar-refractivity contribution in [3.63, 3.8) is 0 Å². The van der Waals surface area contributed by atoms with E-state index < -0.39 is 5.97 Å². The molecule has 7 heteroatoms. The molecule has 0 aliphatic rings. The number of amides is 1. The first-order chi connectivity index (χ1) is 9.59. The molecule has 2 N–H and O–H groups in total. The van der Waals surface area contributed by atoms with Crippen LogP contribution in [-0.4, -0.2) is 40.8 Å². The summed E-state index contributed by atoms with van der Waals surface area (Å²) in [6.45, 7) is 0.494. The molecule has 1 aromatic carbocycles. The summed E-state index contributed by atoms with van der Waals surface area (Å²) in [5.74, 6) is 0.476. The number of carboxylic acid groups (broad SMARTS) is 1. The zero-order valence-electron chi connectivity index (χ0n) is 10.8. The molecule has 0 heterocycles. The maximum absolute atomic E-state index is 11.5. The summed E-state index contributed by atoms with van der Waals surface area (Å²) in [6.07, 6.45) is 0.416. The Labute approximate surface area is 131 Å². The highest BCUT2D eigenvalue weighted by Gasteiger charge is 2.04. The van der Waals surface area contributed by atoms with E-state index in [-0.39, 0.29) is 11.7 Å². The van der Waals surface area contributed by atoms with Gasteiger partial charge in [0.05, 0.1) is 10.8 Å². The van der Waals surface area contributed by atoms with Gasteiger partial charge in [-0.3, -0.25) is 9.59 Å². The lowest BCUT2D eigenvalue weighted by Crippen LogP contribution is -2.26. The highest BCUT2D eigenvalue weighted by Crippen LogP contribution is 2.26. The number of rotatable bonds is 9. The lowest BCUT2D eigenvalue weighted by atomic mass is 10.4. The lowest BCUT2D eigenvalue weighted by Gasteiger charge is -2.05. The Hall–Kier alpha value is -0.850. The molecule has 110 valence electrons. The van der Waals surface area contributed by atoms with Crippen LogP contribution in [0.1, 0.15) is 6.42 Å². The highest BCUT2D eigenvalue weighted by atomic mass is 35.5. The van der Waals surface area contributed by atoms with Crippen LogP contribution in [0.5, 0.6) is 0 Å². The molecular weight excluding hydrogens is 318 g/mol. The molecule has 1 amide bonds. The third-order valence-electron chi connectivity index (χ3n) is 2.22. The number of benzene rings is 1. The molecule has 1 aromatic rings. The van der Waals surface area contributed by atoms with Crippen molar-refractivity contribution in [1.82, 2.24) is 5.32 Å². The predicted octanol–water partition coefficient (Wildman–Crippen LogP) is 2.76. The topological polar surface area (TPSA) is 66.4 Å². The van der Waals surface area contributed by atoms with E-state index in [9.17, 15) is 9.59 Å². The van der Waals surface area contributed by atoms with E-state index in [1.54, 1.807) is 11.8 Å². The fraction of sp³-hybridized carbons (Fsp3) is 0.385. The molecule has 0 aliphatic heterocycles. The van der Waals surface area contributed by atoms with Gasteiger partial charge in [-0.05, 0) is 12.1 Å². The zero-order chi connectivity index (χ0) is 14.8. The lowest BCUT2D eigenvalue weighted by molar-refractivity contribution is -0.133. The van der Waals surface area contributed by atoms with E-state index in [1.165, 1.54) is 11.8 Å². The third-order valence-corrected chi connectivity index (χ3v) is 4.68. The normalized spacial score (nSPS) is 10.2. The van der Waals surface area contributed by atoms with Gasteiger partial charge >= 0.3 is 5.97 Å². The number of hydrogen-bond acceptors (Lipinski definition) is 4. The summed E-state index contributed by atoms with van der Waals surface area (Å²) >= 11 is 8.85. The van der Waals surface area contributed by atoms with Crippen LogP contribution in [0.3, 0.4) is 0 Å². The van der Waals surface area contributed by atoms with E-state index >= 15 is 0 Å². The molecule has 0 aliphatic carbocycles. The largest absolute Gasteiger partial charge is 0.481 e. The van der Waals surface area contributed by atoms with E-state index in [0.29, 0.717) is 29.5 Å². The number of carbonyl (C=O) groups excluding carboxylic acids is 1. The van der Waals surface area contributed by atoms with Gasteiger partial charge in [0.1, 0.15) is 0 Å². The van der Waals surface area contributed by atoms with Gasteiger partial charge in [0.25, 0.3) is 0 Å². The van der Waals surface area contributed by atoms with Crippen LogP contribution >= 0.6 is 35.1 Å². The Morgan fingerprint density at radius 3 is 2.70 bits per heavy atom. The van der Waals surface area contributed by atoms with Gasteiger partial charge in [0.15, 0.2) is 0 Å². The maximum atomic E-state index is 11.5. The van der Waals surface area contributed by atoms with E-state index in [2.05, 4.69) is 5.32 Å². The number of thioether (sulfide) groups is 2. The molecule has 0 fully saturated rings. The standard InChI is InChI=1S/C13H16ClNO3S2/c14-10-3-1-2-4-11(10)20-7-5-12(16)15-6-8-19-9-13(17)18/h1-4H,5-9H2,(H,15,16)(H,17,18). The van der Waals surface area contributed by atoms with Crippen molar-refractivity contribution in [3.05, 3.63) is 29.3 Å². The first kappa shape index (κ1) is 17.2. The Bertz CT molecular complexity index is 457. The molecule has 0 saturated heterocycles. The van der Waals surface area contributed by atoms with Crippen molar-refractivity contribution in [2.45, 2.75) is 11.3 Å². The molecule has 0 atom stereocenters. The van der Waals surface area contributed by atoms with Crippen LogP contribution in [0.4, 0.5) is 0 Å². The molecule has 1 rings (SSSR count). The van der Waals surface area contributed by atoms with E-state index in [0.717, 1.165) is 4.90 Å².